The van der Waals surface area contributed by atoms with E-state index in [1.807, 2.05) is 13.8 Å². The third kappa shape index (κ3) is 14.8. The van der Waals surface area contributed by atoms with Crippen molar-refractivity contribution < 1.29 is 42.2 Å². The number of aromatic amines is 1. The average molecular weight is 361 g/mol. The molecule has 0 aliphatic carbocycles. The van der Waals surface area contributed by atoms with Crippen molar-refractivity contribution in [3.63, 3.8) is 0 Å². The Labute approximate surface area is 151 Å². The molecule has 1 aromatic rings. The van der Waals surface area contributed by atoms with Gasteiger partial charge in [-0.15, -0.1) is 23.7 Å². The van der Waals surface area contributed by atoms with Gasteiger partial charge in [-0.2, -0.15) is 0 Å². The minimum absolute atomic E-state index is 0. The second kappa shape index (κ2) is 18.5. The molecule has 1 heterocycles. The Bertz CT molecular complexity index is 428. The molecule has 0 saturated carbocycles. The number of aromatic nitrogens is 3. The van der Waals surface area contributed by atoms with Gasteiger partial charge < -0.3 is 26.8 Å². The number of carbonyl (C=O) groups is 1. The normalized spacial score (nSPS) is 9.62. The molecule has 6 nitrogen and oxygen atoms in total. The average Bonchev–Trinajstić information content (AvgIpc) is 3.08. The van der Waals surface area contributed by atoms with E-state index in [0.29, 0.717) is 0 Å². The summed E-state index contributed by atoms with van der Waals surface area (Å²) in [5, 5.41) is 9.03. The maximum atomic E-state index is 10.8. The Morgan fingerprint density at radius 1 is 1.38 bits per heavy atom. The van der Waals surface area contributed by atoms with Gasteiger partial charge in [0, 0.05) is 32.7 Å². The second-order valence-corrected chi connectivity index (χ2v) is 2.66. The van der Waals surface area contributed by atoms with E-state index < -0.39 is 5.97 Å². The third-order valence-corrected chi connectivity index (χ3v) is 1.52. The number of nitrogens with zero attached hydrogens (tertiary/aromatic N) is 2. The zero-order valence-corrected chi connectivity index (χ0v) is 15.0. The summed E-state index contributed by atoms with van der Waals surface area (Å²) in [5.41, 5.74) is 7.54. The number of rotatable bonds is 4. The van der Waals surface area contributed by atoms with Crippen LogP contribution in [0.5, 0.6) is 0 Å². The van der Waals surface area contributed by atoms with Crippen molar-refractivity contribution >= 4 is 14.0 Å². The summed E-state index contributed by atoms with van der Waals surface area (Å²) >= 11 is 0. The van der Waals surface area contributed by atoms with E-state index in [4.69, 9.17) is 5.73 Å². The van der Waals surface area contributed by atoms with Crippen molar-refractivity contribution in [2.45, 2.75) is 13.8 Å². The molecule has 0 unspecified atom stereocenters. The van der Waals surface area contributed by atoms with Crippen LogP contribution in [-0.2, 0) is 42.2 Å². The Hall–Kier alpha value is -1.46. The van der Waals surface area contributed by atoms with Crippen molar-refractivity contribution in [1.82, 2.24) is 15.4 Å². The fraction of sp³-hybridized carbons (Fsp3) is 0.154. The number of carbonyl (C=O) groups excluding carboxylic acids is 1. The predicted molar refractivity (Wildman–Crippen MR) is 79.3 cm³/mol. The minimum Gasteiger partial charge on any atom is -0.699 e. The van der Waals surface area contributed by atoms with Gasteiger partial charge in [0.15, 0.2) is 0 Å². The number of nitrogens with one attached hydrogen (secondary N) is 2. The molecule has 2 N–H and O–H groups in total. The van der Waals surface area contributed by atoms with Gasteiger partial charge in [0.25, 0.3) is 0 Å². The van der Waals surface area contributed by atoms with Crippen LogP contribution in [0, 0.1) is 6.20 Å². The summed E-state index contributed by atoms with van der Waals surface area (Å²) in [6.07, 6.45) is 9.38. The summed E-state index contributed by atoms with van der Waals surface area (Å²) < 4.78 is 3.97. The SMILES string of the molecule is CC.[B]OC(=O)/C(C=C)=C/C=C(/[NH-])C=C.[Y].[c-]1c[nH]nn1. The molecule has 8 heteroatoms. The molecule has 0 bridgehead atoms. The number of hydrogen-bond acceptors (Lipinski definition) is 4. The van der Waals surface area contributed by atoms with Crippen LogP contribution in [0.15, 0.2) is 54.9 Å². The number of hydrogen-bond donors (Lipinski definition) is 1. The van der Waals surface area contributed by atoms with Crippen molar-refractivity contribution in [2.75, 3.05) is 0 Å². The second-order valence-electron chi connectivity index (χ2n) is 2.66. The van der Waals surface area contributed by atoms with Crippen LogP contribution < -0.4 is 0 Å². The van der Waals surface area contributed by atoms with Crippen LogP contribution in [0.2, 0.25) is 0 Å². The summed E-state index contributed by atoms with van der Waals surface area (Å²) in [7, 11) is 4.66. The number of H-pyrrole nitrogens is 1. The third-order valence-electron chi connectivity index (χ3n) is 1.52. The molecule has 0 fully saturated rings. The molecule has 0 amide bonds. The van der Waals surface area contributed by atoms with Crippen LogP contribution in [-0.4, -0.2) is 29.4 Å². The van der Waals surface area contributed by atoms with Gasteiger partial charge in [0.1, 0.15) is 0 Å². The van der Waals surface area contributed by atoms with Gasteiger partial charge in [-0.25, -0.2) is 4.79 Å². The smallest absolute Gasteiger partial charge is 0.378 e. The van der Waals surface area contributed by atoms with E-state index in [9.17, 15) is 4.79 Å². The summed E-state index contributed by atoms with van der Waals surface area (Å²) in [6.45, 7) is 10.8. The predicted octanol–water partition coefficient (Wildman–Crippen LogP) is 2.48. The van der Waals surface area contributed by atoms with Crippen LogP contribution in [0.4, 0.5) is 0 Å². The van der Waals surface area contributed by atoms with E-state index in [0.717, 1.165) is 0 Å². The van der Waals surface area contributed by atoms with Gasteiger partial charge in [0.05, 0.1) is 5.57 Å². The Kier molecular flexibility index (Phi) is 21.7. The molecule has 21 heavy (non-hydrogen) atoms. The van der Waals surface area contributed by atoms with Crippen molar-refractivity contribution in [2.24, 2.45) is 0 Å². The number of allylic oxidation sites excluding steroid dienone is 3. The maximum Gasteiger partial charge on any atom is 0.378 e. The van der Waals surface area contributed by atoms with E-state index in [1.165, 1.54) is 30.5 Å². The van der Waals surface area contributed by atoms with E-state index in [1.54, 1.807) is 0 Å². The van der Waals surface area contributed by atoms with E-state index in [-0.39, 0.29) is 44.0 Å². The fourth-order valence-corrected chi connectivity index (χ4v) is 0.679. The molecule has 3 radical (unpaired) electrons. The monoisotopic (exact) mass is 361 g/mol. The molecule has 0 atom stereocenters. The largest absolute Gasteiger partial charge is 0.699 e. The molecular weight excluding hydrogens is 344 g/mol. The van der Waals surface area contributed by atoms with Crippen LogP contribution in [0.1, 0.15) is 13.8 Å². The molecule has 109 valence electrons. The van der Waals surface area contributed by atoms with Crippen molar-refractivity contribution in [3.05, 3.63) is 66.9 Å². The maximum absolute atomic E-state index is 10.8. The topological polar surface area (TPSA) is 91.7 Å². The Morgan fingerprint density at radius 2 is 2.00 bits per heavy atom. The van der Waals surface area contributed by atoms with Gasteiger partial charge in [-0.05, 0) is 6.08 Å². The van der Waals surface area contributed by atoms with Gasteiger partial charge in [-0.3, -0.25) is 0 Å². The fourth-order valence-electron chi connectivity index (χ4n) is 0.679. The van der Waals surface area contributed by atoms with Crippen molar-refractivity contribution in [1.29, 1.82) is 0 Å². The minimum atomic E-state index is -0.692. The summed E-state index contributed by atoms with van der Waals surface area (Å²) in [4.78, 5) is 10.8. The Morgan fingerprint density at radius 3 is 2.29 bits per heavy atom. The zero-order valence-electron chi connectivity index (χ0n) is 12.2. The zero-order chi connectivity index (χ0) is 15.8. The van der Waals surface area contributed by atoms with Gasteiger partial charge in [0.2, 0.25) is 0 Å². The molecule has 0 aliphatic heterocycles. The van der Waals surface area contributed by atoms with E-state index in [2.05, 4.69) is 47.5 Å². The van der Waals surface area contributed by atoms with Crippen molar-refractivity contribution in [3.8, 4) is 0 Å². The van der Waals surface area contributed by atoms with Crippen LogP contribution in [0.25, 0.3) is 5.73 Å². The first-order valence-electron chi connectivity index (χ1n) is 5.67. The summed E-state index contributed by atoms with van der Waals surface area (Å²) in [6, 6.07) is 0. The molecule has 1 rings (SSSR count). The molecule has 1 aromatic heterocycles. The van der Waals surface area contributed by atoms with Gasteiger partial charge >= 0.3 is 14.0 Å². The van der Waals surface area contributed by atoms with E-state index >= 15 is 0 Å². The quantitative estimate of drug-likeness (QED) is 0.386. The summed E-state index contributed by atoms with van der Waals surface area (Å²) in [5.74, 6) is -0.692. The molecule has 0 aliphatic rings. The Balaban J connectivity index is -0.000000336. The first kappa shape index (κ1) is 24.6. The molecule has 0 saturated heterocycles. The van der Waals surface area contributed by atoms with Crippen LogP contribution >= 0.6 is 0 Å². The standard InChI is InChI=1S/C9H10BNO2.C2H2N3.C2H6.Y/c1-3-7(9(12)13-10)5-6-8(11)4-2;1-2-4-5-3-1;1-2;/h3-6H,1-2H2,(H2,11,12);1H,(H,3,4,5);1-2H3;/q;-1;;/p-1. The van der Waals surface area contributed by atoms with Crippen LogP contribution in [0.3, 0.4) is 0 Å². The molecule has 0 spiro atoms. The first-order valence-corrected chi connectivity index (χ1v) is 5.67. The molecule has 0 aromatic carbocycles. The molecular formula is C13H17BN4O2Y-2. The first-order chi connectivity index (χ1) is 9.65. The van der Waals surface area contributed by atoms with Gasteiger partial charge in [-0.1, -0.05) is 38.7 Å².